The summed E-state index contributed by atoms with van der Waals surface area (Å²) < 4.78 is 13.1. The van der Waals surface area contributed by atoms with Gasteiger partial charge in [-0.2, -0.15) is 4.39 Å². The molecule has 0 saturated carbocycles. The van der Waals surface area contributed by atoms with E-state index < -0.39 is 0 Å². The Labute approximate surface area is 97.3 Å². The number of thiophene rings is 1. The first-order chi connectivity index (χ1) is 7.20. The van der Waals surface area contributed by atoms with Gasteiger partial charge in [-0.1, -0.05) is 30.7 Å². The van der Waals surface area contributed by atoms with Crippen molar-refractivity contribution in [3.8, 4) is 11.1 Å². The molecule has 1 aromatic heterocycles. The van der Waals surface area contributed by atoms with Crippen molar-refractivity contribution < 1.29 is 4.39 Å². The summed E-state index contributed by atoms with van der Waals surface area (Å²) in [6, 6.07) is 9.08. The van der Waals surface area contributed by atoms with Crippen LogP contribution in [0.25, 0.3) is 11.1 Å². The first-order valence-electron chi connectivity index (χ1n) is 4.75. The maximum absolute atomic E-state index is 13.1. The molecule has 0 atom stereocenters. The van der Waals surface area contributed by atoms with Gasteiger partial charge in [0.1, 0.15) is 0 Å². The molecule has 0 bridgehead atoms. The minimum Gasteiger partial charge on any atom is -0.195 e. The molecule has 0 N–H and O–H groups in total. The summed E-state index contributed by atoms with van der Waals surface area (Å²) in [6.07, 6.45) is 0.854. The first kappa shape index (κ1) is 10.7. The largest absolute Gasteiger partial charge is 0.195 e. The third-order valence-corrected chi connectivity index (χ3v) is 3.58. The highest BCUT2D eigenvalue weighted by atomic mass is 35.5. The van der Waals surface area contributed by atoms with Crippen molar-refractivity contribution in [1.82, 2.24) is 0 Å². The highest BCUT2D eigenvalue weighted by Gasteiger charge is 2.09. The van der Waals surface area contributed by atoms with E-state index in [-0.39, 0.29) is 5.13 Å². The summed E-state index contributed by atoms with van der Waals surface area (Å²) in [7, 11) is 0. The minimum atomic E-state index is -0.128. The molecule has 78 valence electrons. The second-order valence-electron chi connectivity index (χ2n) is 3.25. The number of aryl methyl sites for hydroxylation is 1. The number of hydrogen-bond acceptors (Lipinski definition) is 1. The summed E-state index contributed by atoms with van der Waals surface area (Å²) in [5.74, 6) is 0. The van der Waals surface area contributed by atoms with Crippen LogP contribution in [0.1, 0.15) is 11.8 Å². The summed E-state index contributed by atoms with van der Waals surface area (Å²) in [6.45, 7) is 2.03. The van der Waals surface area contributed by atoms with E-state index in [1.807, 2.05) is 31.2 Å². The van der Waals surface area contributed by atoms with Crippen LogP contribution in [0.2, 0.25) is 5.02 Å². The zero-order valence-electron chi connectivity index (χ0n) is 8.26. The summed E-state index contributed by atoms with van der Waals surface area (Å²) in [5, 5.41) is 0.573. The van der Waals surface area contributed by atoms with Crippen molar-refractivity contribution in [1.29, 1.82) is 0 Å². The van der Waals surface area contributed by atoms with E-state index in [0.717, 1.165) is 22.4 Å². The Morgan fingerprint density at radius 2 is 1.93 bits per heavy atom. The van der Waals surface area contributed by atoms with Crippen molar-refractivity contribution in [2.75, 3.05) is 0 Å². The van der Waals surface area contributed by atoms with Gasteiger partial charge in [0, 0.05) is 9.90 Å². The topological polar surface area (TPSA) is 0 Å². The molecule has 0 aliphatic carbocycles. The molecule has 15 heavy (non-hydrogen) atoms. The molecule has 0 aliphatic rings. The van der Waals surface area contributed by atoms with E-state index in [1.165, 1.54) is 11.3 Å². The Hall–Kier alpha value is -0.860. The predicted octanol–water partition coefficient (Wildman–Crippen LogP) is 4.77. The molecule has 1 aromatic carbocycles. The maximum atomic E-state index is 13.1. The van der Waals surface area contributed by atoms with E-state index in [9.17, 15) is 4.39 Å². The molecule has 0 radical (unpaired) electrons. The van der Waals surface area contributed by atoms with Gasteiger partial charge in [0.05, 0.1) is 0 Å². The molecule has 2 rings (SSSR count). The molecule has 0 fully saturated rings. The number of rotatable bonds is 2. The second kappa shape index (κ2) is 4.33. The summed E-state index contributed by atoms with van der Waals surface area (Å²) >= 11 is 7.02. The monoisotopic (exact) mass is 240 g/mol. The molecule has 3 heteroatoms. The van der Waals surface area contributed by atoms with E-state index in [0.29, 0.717) is 5.02 Å². The first-order valence-corrected chi connectivity index (χ1v) is 5.94. The van der Waals surface area contributed by atoms with Gasteiger partial charge in [-0.25, -0.2) is 0 Å². The van der Waals surface area contributed by atoms with Crippen LogP contribution in [0.15, 0.2) is 30.3 Å². The Balaban J connectivity index is 2.48. The van der Waals surface area contributed by atoms with Crippen LogP contribution >= 0.6 is 22.9 Å². The van der Waals surface area contributed by atoms with Crippen molar-refractivity contribution in [2.24, 2.45) is 0 Å². The molecule has 2 aromatic rings. The average molecular weight is 241 g/mol. The van der Waals surface area contributed by atoms with E-state index in [1.54, 1.807) is 6.07 Å². The number of halogens is 2. The Bertz CT molecular complexity index is 459. The molecular formula is C12H10ClFS. The van der Waals surface area contributed by atoms with Gasteiger partial charge in [0.15, 0.2) is 5.13 Å². The zero-order chi connectivity index (χ0) is 10.8. The smallest absolute Gasteiger partial charge is 0.177 e. The summed E-state index contributed by atoms with van der Waals surface area (Å²) in [5.41, 5.74) is 2.01. The van der Waals surface area contributed by atoms with E-state index in [2.05, 4.69) is 0 Å². The van der Waals surface area contributed by atoms with Crippen LogP contribution in [0.3, 0.4) is 0 Å². The van der Waals surface area contributed by atoms with E-state index >= 15 is 0 Å². The minimum absolute atomic E-state index is 0.128. The van der Waals surface area contributed by atoms with Crippen molar-refractivity contribution >= 4 is 22.9 Å². The van der Waals surface area contributed by atoms with Crippen molar-refractivity contribution in [3.63, 3.8) is 0 Å². The third kappa shape index (κ3) is 2.21. The van der Waals surface area contributed by atoms with Crippen LogP contribution in [0.5, 0.6) is 0 Å². The summed E-state index contributed by atoms with van der Waals surface area (Å²) in [4.78, 5) is 1.08. The Morgan fingerprint density at radius 1 is 1.27 bits per heavy atom. The Morgan fingerprint density at radius 3 is 2.53 bits per heavy atom. The van der Waals surface area contributed by atoms with Gasteiger partial charge in [0.25, 0.3) is 0 Å². The van der Waals surface area contributed by atoms with Gasteiger partial charge in [-0.05, 0) is 35.7 Å². The molecule has 1 heterocycles. The zero-order valence-corrected chi connectivity index (χ0v) is 9.83. The van der Waals surface area contributed by atoms with Crippen LogP contribution in [0.4, 0.5) is 4.39 Å². The molecule has 0 nitrogen and oxygen atoms in total. The van der Waals surface area contributed by atoms with Crippen LogP contribution in [-0.2, 0) is 6.42 Å². The lowest BCUT2D eigenvalue weighted by molar-refractivity contribution is 0.657. The fraction of sp³-hybridized carbons (Fsp3) is 0.167. The average Bonchev–Trinajstić information content (AvgIpc) is 2.61. The standard InChI is InChI=1S/C12H10ClFS/c1-2-11-10(7-12(14)15-11)8-3-5-9(13)6-4-8/h3-7H,2H2,1H3. The lowest BCUT2D eigenvalue weighted by atomic mass is 10.1. The van der Waals surface area contributed by atoms with Gasteiger partial charge >= 0.3 is 0 Å². The Kier molecular flexibility index (Phi) is 3.08. The number of benzene rings is 1. The number of hydrogen-bond donors (Lipinski definition) is 0. The molecule has 0 spiro atoms. The van der Waals surface area contributed by atoms with Crippen LogP contribution in [0, 0.1) is 5.13 Å². The van der Waals surface area contributed by atoms with Crippen LogP contribution < -0.4 is 0 Å². The van der Waals surface area contributed by atoms with Gasteiger partial charge in [-0.15, -0.1) is 11.3 Å². The van der Waals surface area contributed by atoms with Crippen molar-refractivity contribution in [2.45, 2.75) is 13.3 Å². The lowest BCUT2D eigenvalue weighted by Gasteiger charge is -2.01. The molecule has 0 unspecified atom stereocenters. The normalized spacial score (nSPS) is 10.6. The van der Waals surface area contributed by atoms with Gasteiger partial charge < -0.3 is 0 Å². The lowest BCUT2D eigenvalue weighted by Crippen LogP contribution is -1.79. The van der Waals surface area contributed by atoms with Crippen molar-refractivity contribution in [3.05, 3.63) is 45.4 Å². The van der Waals surface area contributed by atoms with Gasteiger partial charge in [0.2, 0.25) is 0 Å². The molecular weight excluding hydrogens is 231 g/mol. The second-order valence-corrected chi connectivity index (χ2v) is 4.77. The van der Waals surface area contributed by atoms with Gasteiger partial charge in [-0.3, -0.25) is 0 Å². The molecule has 0 saturated heterocycles. The molecule has 0 amide bonds. The van der Waals surface area contributed by atoms with E-state index in [4.69, 9.17) is 11.6 Å². The maximum Gasteiger partial charge on any atom is 0.177 e. The third-order valence-electron chi connectivity index (χ3n) is 2.26. The molecule has 0 aliphatic heterocycles. The highest BCUT2D eigenvalue weighted by molar-refractivity contribution is 7.10. The predicted molar refractivity (Wildman–Crippen MR) is 64.1 cm³/mol. The quantitative estimate of drug-likeness (QED) is 0.709. The SMILES string of the molecule is CCc1sc(F)cc1-c1ccc(Cl)cc1. The van der Waals surface area contributed by atoms with Crippen LogP contribution in [-0.4, -0.2) is 0 Å². The fourth-order valence-corrected chi connectivity index (χ4v) is 2.50. The fourth-order valence-electron chi connectivity index (χ4n) is 1.53. The highest BCUT2D eigenvalue weighted by Crippen LogP contribution is 2.31.